The van der Waals surface area contributed by atoms with Crippen LogP contribution >= 0.6 is 43.2 Å². The van der Waals surface area contributed by atoms with E-state index in [0.29, 0.717) is 10.7 Å². The molecule has 0 saturated carbocycles. The van der Waals surface area contributed by atoms with Gasteiger partial charge in [-0.05, 0) is 28.1 Å². The topological polar surface area (TPSA) is 38.9 Å². The first-order chi connectivity index (χ1) is 5.75. The Morgan fingerprint density at radius 2 is 2.08 bits per heavy atom. The highest BCUT2D eigenvalue weighted by Crippen LogP contribution is 2.30. The molecule has 0 atom stereocenters. The number of aromatic nitrogens is 2. The third-order valence-corrected chi connectivity index (χ3v) is 3.12. The number of nitrogens with zero attached hydrogens (tertiary/aromatic N) is 2. The molecule has 0 unspecified atom stereocenters. The lowest BCUT2D eigenvalue weighted by Gasteiger charge is -1.82. The van der Waals surface area contributed by atoms with E-state index < -0.39 is 0 Å². The molecule has 6 heteroatoms. The van der Waals surface area contributed by atoms with Gasteiger partial charge in [-0.3, -0.25) is 0 Å². The molecule has 3 nitrogen and oxygen atoms in total. The van der Waals surface area contributed by atoms with Gasteiger partial charge in [0.25, 0.3) is 10.7 Å². The molecule has 0 aliphatic carbocycles. The zero-order valence-electron chi connectivity index (χ0n) is 5.62. The van der Waals surface area contributed by atoms with E-state index in [1.807, 2.05) is 12.1 Å². The first kappa shape index (κ1) is 8.40. The van der Waals surface area contributed by atoms with Gasteiger partial charge in [0.15, 0.2) is 0 Å². The summed E-state index contributed by atoms with van der Waals surface area (Å²) in [6.07, 6.45) is 0. The van der Waals surface area contributed by atoms with E-state index in [2.05, 4.69) is 42.1 Å². The molecule has 0 saturated heterocycles. The molecule has 0 N–H and O–H groups in total. The summed E-state index contributed by atoms with van der Waals surface area (Å²) in [5, 5.41) is 7.52. The molecule has 0 amide bonds. The second-order valence-electron chi connectivity index (χ2n) is 1.96. The average molecular weight is 310 g/mol. The number of halogens is 2. The molecule has 0 aromatic carbocycles. The van der Waals surface area contributed by atoms with Gasteiger partial charge < -0.3 is 4.42 Å². The lowest BCUT2D eigenvalue weighted by atomic mass is 10.5. The van der Waals surface area contributed by atoms with E-state index in [1.54, 1.807) is 11.3 Å². The monoisotopic (exact) mass is 308 g/mol. The van der Waals surface area contributed by atoms with Crippen molar-refractivity contribution in [3.63, 3.8) is 0 Å². The van der Waals surface area contributed by atoms with Crippen LogP contribution in [0.3, 0.4) is 0 Å². The third-order valence-electron chi connectivity index (χ3n) is 1.18. The summed E-state index contributed by atoms with van der Waals surface area (Å²) in [7, 11) is 0. The van der Waals surface area contributed by atoms with Crippen LogP contribution in [-0.4, -0.2) is 10.2 Å². The van der Waals surface area contributed by atoms with Crippen molar-refractivity contribution in [2.24, 2.45) is 0 Å². The van der Waals surface area contributed by atoms with Gasteiger partial charge >= 0.3 is 0 Å². The Kier molecular flexibility index (Phi) is 2.29. The second kappa shape index (κ2) is 3.27. The minimum absolute atomic E-state index is 0.405. The fourth-order valence-corrected chi connectivity index (χ4v) is 2.27. The Bertz CT molecular complexity index is 359. The van der Waals surface area contributed by atoms with Crippen LogP contribution in [0.15, 0.2) is 25.1 Å². The normalized spacial score (nSPS) is 10.5. The molecular formula is C6H2Br2N2OS. The number of rotatable bonds is 1. The van der Waals surface area contributed by atoms with Crippen molar-refractivity contribution in [3.05, 3.63) is 20.7 Å². The molecule has 0 aliphatic heterocycles. The standard InChI is InChI=1S/C6H2Br2N2OS/c7-4-2-1-3(12-4)5-9-10-6(8)11-5/h1-2H. The van der Waals surface area contributed by atoms with Crippen LogP contribution in [0.25, 0.3) is 10.8 Å². The van der Waals surface area contributed by atoms with Crippen LogP contribution in [0.5, 0.6) is 0 Å². The van der Waals surface area contributed by atoms with Crippen molar-refractivity contribution in [2.75, 3.05) is 0 Å². The van der Waals surface area contributed by atoms with Crippen molar-refractivity contribution in [1.82, 2.24) is 10.2 Å². The first-order valence-electron chi connectivity index (χ1n) is 3.00. The van der Waals surface area contributed by atoms with Crippen molar-refractivity contribution < 1.29 is 4.42 Å². The average Bonchev–Trinajstić information content (AvgIpc) is 2.58. The number of hydrogen-bond acceptors (Lipinski definition) is 4. The van der Waals surface area contributed by atoms with Gasteiger partial charge in [-0.1, -0.05) is 0 Å². The van der Waals surface area contributed by atoms with Gasteiger partial charge in [0, 0.05) is 15.9 Å². The summed E-state index contributed by atoms with van der Waals surface area (Å²) >= 11 is 8.00. The lowest BCUT2D eigenvalue weighted by Crippen LogP contribution is -1.69. The van der Waals surface area contributed by atoms with Crippen LogP contribution < -0.4 is 0 Å². The van der Waals surface area contributed by atoms with E-state index in [4.69, 9.17) is 4.42 Å². The molecule has 0 aliphatic rings. The van der Waals surface area contributed by atoms with E-state index in [0.717, 1.165) is 8.66 Å². The van der Waals surface area contributed by atoms with E-state index >= 15 is 0 Å². The summed E-state index contributed by atoms with van der Waals surface area (Å²) in [4.78, 5) is 1.36. The Morgan fingerprint density at radius 1 is 1.25 bits per heavy atom. The van der Waals surface area contributed by atoms with Gasteiger partial charge in [0.2, 0.25) is 0 Å². The van der Waals surface area contributed by atoms with Gasteiger partial charge in [0.05, 0.1) is 8.66 Å². The zero-order chi connectivity index (χ0) is 8.55. The van der Waals surface area contributed by atoms with Crippen LogP contribution in [-0.2, 0) is 0 Å². The van der Waals surface area contributed by atoms with Crippen LogP contribution in [0.1, 0.15) is 0 Å². The third kappa shape index (κ3) is 1.60. The molecule has 2 rings (SSSR count). The minimum atomic E-state index is 0.405. The maximum Gasteiger partial charge on any atom is 0.285 e. The summed E-state index contributed by atoms with van der Waals surface area (Å²) in [5.41, 5.74) is 0. The van der Waals surface area contributed by atoms with Gasteiger partial charge in [-0.2, -0.15) is 0 Å². The molecule has 62 valence electrons. The molecule has 0 bridgehead atoms. The molecular weight excluding hydrogens is 308 g/mol. The molecule has 0 fully saturated rings. The molecule has 12 heavy (non-hydrogen) atoms. The number of hydrogen-bond donors (Lipinski definition) is 0. The Morgan fingerprint density at radius 3 is 2.58 bits per heavy atom. The molecule has 2 aromatic rings. The molecule has 0 radical (unpaired) electrons. The summed E-state index contributed by atoms with van der Waals surface area (Å²) < 4.78 is 6.21. The SMILES string of the molecule is Brc1nnc(-c2ccc(Br)s2)o1. The van der Waals surface area contributed by atoms with Crippen LogP contribution in [0.2, 0.25) is 0 Å². The molecule has 0 spiro atoms. The largest absolute Gasteiger partial charge is 0.410 e. The smallest absolute Gasteiger partial charge is 0.285 e. The summed E-state index contributed by atoms with van der Waals surface area (Å²) in [6.45, 7) is 0. The summed E-state index contributed by atoms with van der Waals surface area (Å²) in [5.74, 6) is 0.539. The van der Waals surface area contributed by atoms with E-state index in [-0.39, 0.29) is 0 Å². The maximum absolute atomic E-state index is 5.17. The lowest BCUT2D eigenvalue weighted by molar-refractivity contribution is 0.541. The zero-order valence-corrected chi connectivity index (χ0v) is 9.61. The van der Waals surface area contributed by atoms with Crippen molar-refractivity contribution in [3.8, 4) is 10.8 Å². The molecule has 2 heterocycles. The predicted octanol–water partition coefficient (Wildman–Crippen LogP) is 3.32. The summed E-state index contributed by atoms with van der Waals surface area (Å²) in [6, 6.07) is 3.87. The maximum atomic E-state index is 5.17. The van der Waals surface area contributed by atoms with Gasteiger partial charge in [-0.15, -0.1) is 21.5 Å². The highest BCUT2D eigenvalue weighted by molar-refractivity contribution is 9.11. The Balaban J connectivity index is 2.43. The highest BCUT2D eigenvalue weighted by atomic mass is 79.9. The van der Waals surface area contributed by atoms with Crippen molar-refractivity contribution in [1.29, 1.82) is 0 Å². The second-order valence-corrected chi connectivity index (χ2v) is 5.11. The highest BCUT2D eigenvalue weighted by Gasteiger charge is 2.08. The quantitative estimate of drug-likeness (QED) is 0.811. The van der Waals surface area contributed by atoms with Crippen molar-refractivity contribution in [2.45, 2.75) is 0 Å². The Hall–Kier alpha value is -0.200. The van der Waals surface area contributed by atoms with Crippen molar-refractivity contribution >= 4 is 43.2 Å². The van der Waals surface area contributed by atoms with E-state index in [9.17, 15) is 0 Å². The fraction of sp³-hybridized carbons (Fsp3) is 0. The van der Waals surface area contributed by atoms with Gasteiger partial charge in [-0.25, -0.2) is 0 Å². The van der Waals surface area contributed by atoms with Gasteiger partial charge in [0.1, 0.15) is 0 Å². The predicted molar refractivity (Wildman–Crippen MR) is 53.0 cm³/mol. The fourth-order valence-electron chi connectivity index (χ4n) is 0.734. The van der Waals surface area contributed by atoms with Crippen LogP contribution in [0, 0.1) is 0 Å². The Labute approximate surface area is 89.1 Å². The molecule has 2 aromatic heterocycles. The first-order valence-corrected chi connectivity index (χ1v) is 5.40. The number of thiophene rings is 1. The minimum Gasteiger partial charge on any atom is -0.410 e. The van der Waals surface area contributed by atoms with Crippen LogP contribution in [0.4, 0.5) is 0 Å². The van der Waals surface area contributed by atoms with E-state index in [1.165, 1.54) is 0 Å².